The number of Topliss-reactive ketones (excluding diaryl/α,β-unsaturated/α-hetero) is 1. The first-order valence-corrected chi connectivity index (χ1v) is 8.82. The van der Waals surface area contributed by atoms with Gasteiger partial charge < -0.3 is 19.5 Å². The summed E-state index contributed by atoms with van der Waals surface area (Å²) >= 11 is 6.22. The van der Waals surface area contributed by atoms with Crippen molar-refractivity contribution in [1.82, 2.24) is 0 Å². The molecular weight excluding hydrogens is 370 g/mol. The van der Waals surface area contributed by atoms with E-state index in [0.29, 0.717) is 39.9 Å². The number of halogens is 1. The number of carbonyl (C=O) groups excluding carboxylic acids is 2. The predicted octanol–water partition coefficient (Wildman–Crippen LogP) is 4.06. The molecule has 0 bridgehead atoms. The van der Waals surface area contributed by atoms with Crippen LogP contribution in [0.1, 0.15) is 35.2 Å². The van der Waals surface area contributed by atoms with Crippen LogP contribution in [0, 0.1) is 0 Å². The van der Waals surface area contributed by atoms with Crippen molar-refractivity contribution in [3.05, 3.63) is 46.5 Å². The second-order valence-electron chi connectivity index (χ2n) is 6.30. The molecule has 0 spiro atoms. The lowest BCUT2D eigenvalue weighted by atomic mass is 10.0. The molecule has 3 rings (SSSR count). The van der Waals surface area contributed by atoms with Crippen LogP contribution in [-0.4, -0.2) is 32.5 Å². The summed E-state index contributed by atoms with van der Waals surface area (Å²) in [5.74, 6) is 1.14. The molecule has 2 aromatic carbocycles. The van der Waals surface area contributed by atoms with Gasteiger partial charge in [-0.05, 0) is 23.6 Å². The molecule has 1 amide bonds. The van der Waals surface area contributed by atoms with E-state index in [0.717, 1.165) is 5.56 Å². The Labute approximate surface area is 162 Å². The Morgan fingerprint density at radius 1 is 1.19 bits per heavy atom. The zero-order valence-electron chi connectivity index (χ0n) is 15.3. The maximum Gasteiger partial charge on any atom is 0.262 e. The molecule has 2 aromatic rings. The summed E-state index contributed by atoms with van der Waals surface area (Å²) in [6.45, 7) is 1.71. The molecule has 0 aliphatic heterocycles. The van der Waals surface area contributed by atoms with Crippen LogP contribution in [0.15, 0.2) is 30.3 Å². The van der Waals surface area contributed by atoms with Crippen molar-refractivity contribution >= 4 is 29.0 Å². The number of ether oxygens (including phenoxy) is 3. The van der Waals surface area contributed by atoms with Gasteiger partial charge >= 0.3 is 0 Å². The Hall–Kier alpha value is -2.73. The minimum absolute atomic E-state index is 0.0204. The largest absolute Gasteiger partial charge is 0.497 e. The van der Waals surface area contributed by atoms with Crippen LogP contribution >= 0.6 is 11.6 Å². The van der Waals surface area contributed by atoms with Crippen LogP contribution in [0.25, 0.3) is 0 Å². The van der Waals surface area contributed by atoms with Gasteiger partial charge in [-0.1, -0.05) is 18.5 Å². The topological polar surface area (TPSA) is 73.9 Å². The number of benzene rings is 2. The zero-order valence-corrected chi connectivity index (χ0v) is 16.1. The Morgan fingerprint density at radius 2 is 1.85 bits per heavy atom. The Balaban J connectivity index is 1.72. The van der Waals surface area contributed by atoms with E-state index in [1.165, 1.54) is 14.2 Å². The number of ketones is 1. The highest BCUT2D eigenvalue weighted by atomic mass is 35.5. The second kappa shape index (κ2) is 7.88. The van der Waals surface area contributed by atoms with Gasteiger partial charge in [0.1, 0.15) is 17.2 Å². The number of hydrogen-bond donors (Lipinski definition) is 1. The molecule has 0 radical (unpaired) electrons. The summed E-state index contributed by atoms with van der Waals surface area (Å²) in [7, 11) is 3.06. The van der Waals surface area contributed by atoms with E-state index in [2.05, 4.69) is 5.32 Å². The van der Waals surface area contributed by atoms with Crippen molar-refractivity contribution < 1.29 is 23.8 Å². The summed E-state index contributed by atoms with van der Waals surface area (Å²) in [4.78, 5) is 24.5. The minimum Gasteiger partial charge on any atom is -0.497 e. The highest BCUT2D eigenvalue weighted by Gasteiger charge is 2.31. The number of carbonyl (C=O) groups is 2. The maximum atomic E-state index is 12.3. The van der Waals surface area contributed by atoms with E-state index < -0.39 is 0 Å². The van der Waals surface area contributed by atoms with Crippen molar-refractivity contribution in [2.45, 2.75) is 19.3 Å². The van der Waals surface area contributed by atoms with Crippen LogP contribution in [0.5, 0.6) is 17.2 Å². The SMILES string of the molecule is COc1cc(NC(=O)COc2ccc(Cl)c3c2C(=O)C[C@H]3C)cc(OC)c1. The van der Waals surface area contributed by atoms with Gasteiger partial charge in [-0.25, -0.2) is 0 Å². The fraction of sp³-hybridized carbons (Fsp3) is 0.300. The molecule has 1 atom stereocenters. The molecule has 1 aliphatic rings. The third-order valence-corrected chi connectivity index (χ3v) is 4.74. The molecule has 6 nitrogen and oxygen atoms in total. The van der Waals surface area contributed by atoms with Gasteiger partial charge in [0.05, 0.1) is 19.8 Å². The van der Waals surface area contributed by atoms with E-state index in [-0.39, 0.29) is 24.2 Å². The molecule has 27 heavy (non-hydrogen) atoms. The van der Waals surface area contributed by atoms with E-state index >= 15 is 0 Å². The normalized spacial score (nSPS) is 15.3. The number of fused-ring (bicyclic) bond motifs is 1. The molecule has 0 saturated heterocycles. The average molecular weight is 390 g/mol. The van der Waals surface area contributed by atoms with Crippen LogP contribution in [0.3, 0.4) is 0 Å². The third kappa shape index (κ3) is 4.01. The molecule has 0 fully saturated rings. The summed E-state index contributed by atoms with van der Waals surface area (Å²) in [6.07, 6.45) is 0.394. The molecular formula is C20H20ClNO5. The fourth-order valence-corrected chi connectivity index (χ4v) is 3.51. The van der Waals surface area contributed by atoms with E-state index in [4.69, 9.17) is 25.8 Å². The quantitative estimate of drug-likeness (QED) is 0.806. The van der Waals surface area contributed by atoms with Crippen molar-refractivity contribution in [3.63, 3.8) is 0 Å². The van der Waals surface area contributed by atoms with E-state index in [1.807, 2.05) is 6.92 Å². The monoisotopic (exact) mass is 389 g/mol. The van der Waals surface area contributed by atoms with Crippen molar-refractivity contribution in [1.29, 1.82) is 0 Å². The Bertz CT molecular complexity index is 874. The zero-order chi connectivity index (χ0) is 19.6. The number of rotatable bonds is 6. The molecule has 0 heterocycles. The van der Waals surface area contributed by atoms with E-state index in [9.17, 15) is 9.59 Å². The summed E-state index contributed by atoms with van der Waals surface area (Å²) in [5.41, 5.74) is 1.79. The molecule has 0 saturated carbocycles. The van der Waals surface area contributed by atoms with Crippen LogP contribution in [0.4, 0.5) is 5.69 Å². The van der Waals surface area contributed by atoms with Gasteiger partial charge in [0.25, 0.3) is 5.91 Å². The lowest BCUT2D eigenvalue weighted by molar-refractivity contribution is -0.118. The predicted molar refractivity (Wildman–Crippen MR) is 102 cm³/mol. The first kappa shape index (κ1) is 19.0. The Kier molecular flexibility index (Phi) is 5.56. The molecule has 7 heteroatoms. The van der Waals surface area contributed by atoms with E-state index in [1.54, 1.807) is 30.3 Å². The number of anilines is 1. The summed E-state index contributed by atoms with van der Waals surface area (Å²) in [5, 5.41) is 3.27. The fourth-order valence-electron chi connectivity index (χ4n) is 3.17. The Morgan fingerprint density at radius 3 is 2.48 bits per heavy atom. The summed E-state index contributed by atoms with van der Waals surface area (Å²) in [6, 6.07) is 8.36. The van der Waals surface area contributed by atoms with Gasteiger partial charge in [-0.3, -0.25) is 9.59 Å². The minimum atomic E-state index is -0.368. The maximum absolute atomic E-state index is 12.3. The van der Waals surface area contributed by atoms with Gasteiger partial charge in [0, 0.05) is 35.3 Å². The van der Waals surface area contributed by atoms with Crippen LogP contribution < -0.4 is 19.5 Å². The van der Waals surface area contributed by atoms with Crippen molar-refractivity contribution in [2.24, 2.45) is 0 Å². The first-order chi connectivity index (χ1) is 12.9. The van der Waals surface area contributed by atoms with Crippen molar-refractivity contribution in [3.8, 4) is 17.2 Å². The molecule has 1 N–H and O–H groups in total. The molecule has 0 aromatic heterocycles. The molecule has 142 valence electrons. The number of methoxy groups -OCH3 is 2. The standard InChI is InChI=1S/C20H20ClNO5/c1-11-6-16(23)20-17(5-4-15(21)19(11)20)27-10-18(24)22-12-7-13(25-2)9-14(8-12)26-3/h4-5,7-9,11H,6,10H2,1-3H3,(H,22,24)/t11-/m1/s1. The highest BCUT2D eigenvalue weighted by Crippen LogP contribution is 2.42. The smallest absolute Gasteiger partial charge is 0.262 e. The number of nitrogens with one attached hydrogen (secondary N) is 1. The lowest BCUT2D eigenvalue weighted by Gasteiger charge is -2.13. The number of hydrogen-bond acceptors (Lipinski definition) is 5. The van der Waals surface area contributed by atoms with Gasteiger partial charge in [0.2, 0.25) is 0 Å². The lowest BCUT2D eigenvalue weighted by Crippen LogP contribution is -2.20. The van der Waals surface area contributed by atoms with Gasteiger partial charge in [-0.2, -0.15) is 0 Å². The highest BCUT2D eigenvalue weighted by molar-refractivity contribution is 6.32. The van der Waals surface area contributed by atoms with Crippen LogP contribution in [0.2, 0.25) is 5.02 Å². The van der Waals surface area contributed by atoms with Gasteiger partial charge in [0.15, 0.2) is 12.4 Å². The number of amides is 1. The molecule has 0 unspecified atom stereocenters. The summed E-state index contributed by atoms with van der Waals surface area (Å²) < 4.78 is 16.0. The first-order valence-electron chi connectivity index (χ1n) is 8.44. The average Bonchev–Trinajstić information content (AvgIpc) is 2.96. The van der Waals surface area contributed by atoms with Crippen molar-refractivity contribution in [2.75, 3.05) is 26.1 Å². The van der Waals surface area contributed by atoms with Gasteiger partial charge in [-0.15, -0.1) is 0 Å². The third-order valence-electron chi connectivity index (χ3n) is 4.41. The molecule has 1 aliphatic carbocycles. The second-order valence-corrected chi connectivity index (χ2v) is 6.71. The van der Waals surface area contributed by atoms with Crippen LogP contribution in [-0.2, 0) is 4.79 Å².